The Morgan fingerprint density at radius 2 is 1.92 bits per heavy atom. The topological polar surface area (TPSA) is 20.2 Å². The number of halogens is 3. The minimum Gasteiger partial charge on any atom is -0.508 e. The van der Waals surface area contributed by atoms with E-state index < -0.39 is 12.1 Å². The zero-order valence-electron chi connectivity index (χ0n) is 6.89. The normalized spacial score (nSPS) is 16.9. The first-order chi connectivity index (χ1) is 5.38. The number of aliphatic hydroxyl groups is 1. The monoisotopic (exact) mass is 180 g/mol. The summed E-state index contributed by atoms with van der Waals surface area (Å²) in [4.78, 5) is 0. The first-order valence-electron chi connectivity index (χ1n) is 3.48. The molecule has 12 heavy (non-hydrogen) atoms. The lowest BCUT2D eigenvalue weighted by Crippen LogP contribution is -2.17. The van der Waals surface area contributed by atoms with Gasteiger partial charge in [-0.2, -0.15) is 13.2 Å². The number of aliphatic hydroxyl groups excluding tert-OH is 1. The fraction of sp³-hybridized carbons (Fsp3) is 0.500. The minimum atomic E-state index is -4.23. The Morgan fingerprint density at radius 3 is 2.25 bits per heavy atom. The van der Waals surface area contributed by atoms with Gasteiger partial charge in [-0.15, -0.1) is 0 Å². The molecule has 1 N–H and O–H groups in total. The molecule has 0 radical (unpaired) electrons. The van der Waals surface area contributed by atoms with E-state index in [2.05, 4.69) is 0 Å². The fourth-order valence-electron chi connectivity index (χ4n) is 0.448. The molecule has 0 bridgehead atoms. The van der Waals surface area contributed by atoms with E-state index in [-0.39, 0.29) is 5.76 Å². The highest BCUT2D eigenvalue weighted by atomic mass is 19.4. The van der Waals surface area contributed by atoms with Gasteiger partial charge in [0.25, 0.3) is 0 Å². The van der Waals surface area contributed by atoms with Crippen molar-refractivity contribution in [2.45, 2.75) is 20.0 Å². The molecule has 0 saturated heterocycles. The van der Waals surface area contributed by atoms with Crippen LogP contribution in [0.3, 0.4) is 0 Å². The van der Waals surface area contributed by atoms with Crippen molar-refractivity contribution in [1.29, 1.82) is 0 Å². The van der Waals surface area contributed by atoms with Gasteiger partial charge in [0.15, 0.2) is 0 Å². The number of hydrogen-bond donors (Lipinski definition) is 1. The third-order valence-corrected chi connectivity index (χ3v) is 1.37. The van der Waals surface area contributed by atoms with Gasteiger partial charge in [0.2, 0.25) is 0 Å². The van der Waals surface area contributed by atoms with Crippen molar-refractivity contribution in [3.8, 4) is 0 Å². The summed E-state index contributed by atoms with van der Waals surface area (Å²) in [6, 6.07) is 0. The van der Waals surface area contributed by atoms with Crippen molar-refractivity contribution in [2.24, 2.45) is 5.92 Å². The van der Waals surface area contributed by atoms with Gasteiger partial charge in [-0.25, -0.2) is 0 Å². The van der Waals surface area contributed by atoms with Crippen LogP contribution < -0.4 is 0 Å². The molecule has 70 valence electrons. The molecule has 0 aromatic carbocycles. The molecule has 0 fully saturated rings. The second kappa shape index (κ2) is 4.18. The van der Waals surface area contributed by atoms with Gasteiger partial charge in [0.1, 0.15) is 5.76 Å². The van der Waals surface area contributed by atoms with E-state index in [1.807, 2.05) is 0 Å². The summed E-state index contributed by atoms with van der Waals surface area (Å²) in [5.41, 5.74) is 0. The maximum absolute atomic E-state index is 11.9. The van der Waals surface area contributed by atoms with E-state index >= 15 is 0 Å². The average Bonchev–Trinajstić information content (AvgIpc) is 1.97. The minimum absolute atomic E-state index is 0.161. The van der Waals surface area contributed by atoms with E-state index in [0.29, 0.717) is 0 Å². The smallest absolute Gasteiger partial charge is 0.394 e. The van der Waals surface area contributed by atoms with Crippen molar-refractivity contribution in [3.63, 3.8) is 0 Å². The van der Waals surface area contributed by atoms with Gasteiger partial charge in [-0.1, -0.05) is 13.0 Å². The summed E-state index contributed by atoms with van der Waals surface area (Å²) in [5.74, 6) is -1.69. The van der Waals surface area contributed by atoms with E-state index in [0.717, 1.165) is 19.1 Å². The van der Waals surface area contributed by atoms with Crippen LogP contribution >= 0.6 is 0 Å². The highest BCUT2D eigenvalue weighted by Crippen LogP contribution is 2.26. The Labute approximate surface area is 69.2 Å². The number of allylic oxidation sites excluding steroid dienone is 3. The molecule has 0 aromatic rings. The van der Waals surface area contributed by atoms with E-state index in [1.165, 1.54) is 13.0 Å². The Morgan fingerprint density at radius 1 is 1.42 bits per heavy atom. The summed E-state index contributed by atoms with van der Waals surface area (Å²) in [7, 11) is 0. The largest absolute Gasteiger partial charge is 0.508 e. The fourth-order valence-corrected chi connectivity index (χ4v) is 0.448. The molecule has 4 heteroatoms. The number of rotatable bonds is 2. The maximum Gasteiger partial charge on any atom is 0.394 e. The second-order valence-corrected chi connectivity index (χ2v) is 2.40. The van der Waals surface area contributed by atoms with Crippen LogP contribution in [-0.4, -0.2) is 11.3 Å². The molecule has 1 nitrogen and oxygen atoms in total. The summed E-state index contributed by atoms with van der Waals surface area (Å²) < 4.78 is 35.6. The number of hydrogen-bond acceptors (Lipinski definition) is 1. The van der Waals surface area contributed by atoms with Gasteiger partial charge in [0, 0.05) is 0 Å². The summed E-state index contributed by atoms with van der Waals surface area (Å²) in [6.45, 7) is 2.57. The van der Waals surface area contributed by atoms with Crippen LogP contribution in [0.25, 0.3) is 0 Å². The lowest BCUT2D eigenvalue weighted by molar-refractivity contribution is -0.156. The highest BCUT2D eigenvalue weighted by molar-refractivity contribution is 5.10. The third kappa shape index (κ3) is 4.05. The van der Waals surface area contributed by atoms with Crippen molar-refractivity contribution in [1.82, 2.24) is 0 Å². The highest BCUT2D eigenvalue weighted by Gasteiger charge is 2.33. The van der Waals surface area contributed by atoms with Crippen molar-refractivity contribution < 1.29 is 18.3 Å². The summed E-state index contributed by atoms with van der Waals surface area (Å²) in [5, 5.41) is 8.78. The predicted octanol–water partition coefficient (Wildman–Crippen LogP) is 3.20. The SMILES string of the molecule is C/C=C(O)\C=C/C(C)C(F)(F)F. The maximum atomic E-state index is 11.9. The van der Waals surface area contributed by atoms with Crippen molar-refractivity contribution >= 4 is 0 Å². The summed E-state index contributed by atoms with van der Waals surface area (Å²) in [6.07, 6.45) is -0.961. The Bertz CT molecular complexity index is 191. The molecular formula is C8H11F3O. The Kier molecular flexibility index (Phi) is 3.86. The zero-order valence-corrected chi connectivity index (χ0v) is 6.89. The quantitative estimate of drug-likeness (QED) is 0.511. The predicted molar refractivity (Wildman–Crippen MR) is 40.7 cm³/mol. The molecule has 0 heterocycles. The molecule has 0 aliphatic heterocycles. The molecule has 1 unspecified atom stereocenters. The van der Waals surface area contributed by atoms with E-state index in [1.54, 1.807) is 0 Å². The van der Waals surface area contributed by atoms with Crippen LogP contribution in [0.15, 0.2) is 24.0 Å². The summed E-state index contributed by atoms with van der Waals surface area (Å²) >= 11 is 0. The standard InChI is InChI=1S/C8H11F3O/c1-3-7(12)5-4-6(2)8(9,10)11/h3-6,12H,1-2H3/b5-4-,7-3+. The Balaban J connectivity index is 4.18. The number of alkyl halides is 3. The van der Waals surface area contributed by atoms with Crippen molar-refractivity contribution in [3.05, 3.63) is 24.0 Å². The van der Waals surface area contributed by atoms with Crippen LogP contribution in [0.2, 0.25) is 0 Å². The van der Waals surface area contributed by atoms with Gasteiger partial charge >= 0.3 is 6.18 Å². The Hall–Kier alpha value is -0.930. The lowest BCUT2D eigenvalue weighted by Gasteiger charge is -2.10. The molecule has 0 spiro atoms. The van der Waals surface area contributed by atoms with Crippen LogP contribution in [0, 0.1) is 5.92 Å². The molecule has 0 aliphatic rings. The lowest BCUT2D eigenvalue weighted by atomic mass is 10.1. The second-order valence-electron chi connectivity index (χ2n) is 2.40. The van der Waals surface area contributed by atoms with Crippen LogP contribution in [0.1, 0.15) is 13.8 Å². The van der Waals surface area contributed by atoms with Gasteiger partial charge in [-0.05, 0) is 19.1 Å². The first-order valence-corrected chi connectivity index (χ1v) is 3.48. The molecule has 0 aromatic heterocycles. The van der Waals surface area contributed by atoms with Gasteiger partial charge < -0.3 is 5.11 Å². The molecule has 0 saturated carbocycles. The average molecular weight is 180 g/mol. The van der Waals surface area contributed by atoms with E-state index in [4.69, 9.17) is 5.11 Å². The van der Waals surface area contributed by atoms with Crippen LogP contribution in [0.5, 0.6) is 0 Å². The molecule has 1 atom stereocenters. The molecule has 0 amide bonds. The molecular weight excluding hydrogens is 169 g/mol. The first kappa shape index (κ1) is 11.1. The van der Waals surface area contributed by atoms with Crippen molar-refractivity contribution in [2.75, 3.05) is 0 Å². The third-order valence-electron chi connectivity index (χ3n) is 1.37. The van der Waals surface area contributed by atoms with Gasteiger partial charge in [0.05, 0.1) is 5.92 Å². The van der Waals surface area contributed by atoms with Crippen LogP contribution in [-0.2, 0) is 0 Å². The van der Waals surface area contributed by atoms with E-state index in [9.17, 15) is 13.2 Å². The molecule has 0 aliphatic carbocycles. The zero-order chi connectivity index (χ0) is 9.78. The van der Waals surface area contributed by atoms with Gasteiger partial charge in [-0.3, -0.25) is 0 Å². The van der Waals surface area contributed by atoms with Crippen LogP contribution in [0.4, 0.5) is 13.2 Å². The molecule has 0 rings (SSSR count).